The highest BCUT2D eigenvalue weighted by atomic mass is 35.5. The second kappa shape index (κ2) is 6.24. The van der Waals surface area contributed by atoms with E-state index in [0.29, 0.717) is 16.7 Å². The van der Waals surface area contributed by atoms with Crippen LogP contribution < -0.4 is 11.1 Å². The molecule has 108 valence electrons. The molecular weight excluding hydrogens is 306 g/mol. The number of H-pyrrole nitrogens is 1. The van der Waals surface area contributed by atoms with Crippen molar-refractivity contribution in [1.82, 2.24) is 15.0 Å². The summed E-state index contributed by atoms with van der Waals surface area (Å²) in [4.78, 5) is 11.9. The van der Waals surface area contributed by atoms with Crippen LogP contribution in [0.4, 0.5) is 11.5 Å². The van der Waals surface area contributed by atoms with Crippen LogP contribution in [-0.2, 0) is 0 Å². The summed E-state index contributed by atoms with van der Waals surface area (Å²) in [5.41, 5.74) is 8.45. The summed E-state index contributed by atoms with van der Waals surface area (Å²) in [6.07, 6.45) is 0. The third-order valence-corrected chi connectivity index (χ3v) is 3.98. The van der Waals surface area contributed by atoms with Gasteiger partial charge in [-0.05, 0) is 24.3 Å². The van der Waals surface area contributed by atoms with E-state index in [1.165, 1.54) is 0 Å². The molecule has 5 nitrogen and oxygen atoms in total. The molecule has 21 heavy (non-hydrogen) atoms. The minimum atomic E-state index is 0.427. The average Bonchev–Trinajstić information content (AvgIpc) is 2.89. The Morgan fingerprint density at radius 2 is 2.05 bits per heavy atom. The van der Waals surface area contributed by atoms with Gasteiger partial charge in [-0.15, -0.1) is 0 Å². The summed E-state index contributed by atoms with van der Waals surface area (Å²) in [6, 6.07) is 11.4. The van der Waals surface area contributed by atoms with Gasteiger partial charge in [-0.2, -0.15) is 0 Å². The van der Waals surface area contributed by atoms with Gasteiger partial charge in [0.25, 0.3) is 0 Å². The number of hydrogen-bond acceptors (Lipinski definition) is 5. The number of para-hydroxylation sites is 2. The van der Waals surface area contributed by atoms with Crippen molar-refractivity contribution in [1.29, 1.82) is 0 Å². The van der Waals surface area contributed by atoms with Crippen LogP contribution in [0.1, 0.15) is 0 Å². The molecule has 2 heterocycles. The van der Waals surface area contributed by atoms with Crippen molar-refractivity contribution < 1.29 is 0 Å². The maximum Gasteiger partial charge on any atom is 0.166 e. The molecule has 0 saturated carbocycles. The van der Waals surface area contributed by atoms with Crippen molar-refractivity contribution in [3.05, 3.63) is 41.6 Å². The van der Waals surface area contributed by atoms with E-state index >= 15 is 0 Å². The quantitative estimate of drug-likeness (QED) is 0.381. The van der Waals surface area contributed by atoms with Gasteiger partial charge >= 0.3 is 0 Å². The van der Waals surface area contributed by atoms with Crippen molar-refractivity contribution in [2.45, 2.75) is 5.16 Å². The fraction of sp³-hybridized carbons (Fsp3) is 0.143. The number of nitrogens with one attached hydrogen (secondary N) is 2. The Morgan fingerprint density at radius 1 is 1.19 bits per heavy atom. The first-order chi connectivity index (χ1) is 10.2. The van der Waals surface area contributed by atoms with Crippen LogP contribution in [0.2, 0.25) is 5.15 Å². The smallest absolute Gasteiger partial charge is 0.166 e. The van der Waals surface area contributed by atoms with Crippen molar-refractivity contribution in [2.75, 3.05) is 23.3 Å². The summed E-state index contributed by atoms with van der Waals surface area (Å²) in [5.74, 6) is 1.46. The van der Waals surface area contributed by atoms with Crippen molar-refractivity contribution >= 4 is 45.9 Å². The monoisotopic (exact) mass is 319 g/mol. The number of aromatic amines is 1. The van der Waals surface area contributed by atoms with E-state index in [9.17, 15) is 0 Å². The van der Waals surface area contributed by atoms with E-state index in [0.717, 1.165) is 28.5 Å². The molecule has 3 aromatic rings. The van der Waals surface area contributed by atoms with Gasteiger partial charge in [0, 0.05) is 12.3 Å². The second-order valence-corrected chi connectivity index (χ2v) is 5.88. The highest BCUT2D eigenvalue weighted by molar-refractivity contribution is 7.99. The van der Waals surface area contributed by atoms with E-state index in [1.807, 2.05) is 24.3 Å². The van der Waals surface area contributed by atoms with Gasteiger partial charge in [0.05, 0.1) is 16.7 Å². The number of halogens is 1. The van der Waals surface area contributed by atoms with E-state index in [2.05, 4.69) is 20.3 Å². The summed E-state index contributed by atoms with van der Waals surface area (Å²) in [7, 11) is 0. The molecule has 2 aromatic heterocycles. The largest absolute Gasteiger partial charge is 0.396 e. The van der Waals surface area contributed by atoms with Gasteiger partial charge in [0.15, 0.2) is 11.0 Å². The minimum absolute atomic E-state index is 0.427. The van der Waals surface area contributed by atoms with Gasteiger partial charge in [-0.1, -0.05) is 35.5 Å². The van der Waals surface area contributed by atoms with Crippen LogP contribution in [0.5, 0.6) is 0 Å². The Bertz CT molecular complexity index is 725. The van der Waals surface area contributed by atoms with Gasteiger partial charge < -0.3 is 16.0 Å². The van der Waals surface area contributed by atoms with Crippen LogP contribution in [0, 0.1) is 0 Å². The first-order valence-corrected chi connectivity index (χ1v) is 7.82. The van der Waals surface area contributed by atoms with Gasteiger partial charge in [-0.3, -0.25) is 0 Å². The number of benzene rings is 1. The zero-order chi connectivity index (χ0) is 14.7. The van der Waals surface area contributed by atoms with E-state index in [4.69, 9.17) is 17.3 Å². The lowest BCUT2D eigenvalue weighted by molar-refractivity contribution is 1.07. The Labute approximate surface area is 131 Å². The Morgan fingerprint density at radius 3 is 2.90 bits per heavy atom. The summed E-state index contributed by atoms with van der Waals surface area (Å²) in [5, 5.41) is 4.51. The lowest BCUT2D eigenvalue weighted by atomic mass is 10.3. The first kappa shape index (κ1) is 14.0. The molecule has 0 bridgehead atoms. The van der Waals surface area contributed by atoms with Gasteiger partial charge in [-0.25, -0.2) is 9.97 Å². The van der Waals surface area contributed by atoms with Gasteiger partial charge in [0.2, 0.25) is 0 Å². The molecule has 0 spiro atoms. The number of nitrogens with zero attached hydrogens (tertiary/aromatic N) is 2. The third-order valence-electron chi connectivity index (χ3n) is 2.89. The number of pyridine rings is 1. The number of fused-ring (bicyclic) bond motifs is 1. The van der Waals surface area contributed by atoms with Crippen molar-refractivity contribution in [3.63, 3.8) is 0 Å². The summed E-state index contributed by atoms with van der Waals surface area (Å²) >= 11 is 7.49. The topological polar surface area (TPSA) is 79.6 Å². The second-order valence-electron chi connectivity index (χ2n) is 4.41. The molecule has 0 aliphatic carbocycles. The molecule has 0 radical (unpaired) electrons. The number of anilines is 2. The highest BCUT2D eigenvalue weighted by Gasteiger charge is 2.04. The lowest BCUT2D eigenvalue weighted by Gasteiger charge is -2.07. The fourth-order valence-corrected chi connectivity index (χ4v) is 2.79. The van der Waals surface area contributed by atoms with Crippen LogP contribution in [0.3, 0.4) is 0 Å². The molecule has 0 fully saturated rings. The summed E-state index contributed by atoms with van der Waals surface area (Å²) < 4.78 is 0. The molecule has 7 heteroatoms. The molecule has 0 saturated heterocycles. The van der Waals surface area contributed by atoms with E-state index in [1.54, 1.807) is 23.9 Å². The lowest BCUT2D eigenvalue weighted by Crippen LogP contribution is -2.08. The Hall–Kier alpha value is -1.92. The molecule has 0 amide bonds. The third kappa shape index (κ3) is 3.40. The van der Waals surface area contributed by atoms with Crippen molar-refractivity contribution in [2.24, 2.45) is 0 Å². The molecule has 1 aromatic carbocycles. The molecule has 0 atom stereocenters. The highest BCUT2D eigenvalue weighted by Crippen LogP contribution is 2.20. The normalized spacial score (nSPS) is 10.9. The molecule has 0 aliphatic rings. The predicted octanol–water partition coefficient (Wildman–Crippen LogP) is 3.40. The maximum atomic E-state index is 5.84. The number of nitrogen functional groups attached to an aromatic ring is 1. The first-order valence-electron chi connectivity index (χ1n) is 6.46. The van der Waals surface area contributed by atoms with Crippen LogP contribution in [-0.4, -0.2) is 27.2 Å². The number of aromatic nitrogens is 3. The number of rotatable bonds is 5. The van der Waals surface area contributed by atoms with Crippen LogP contribution in [0.15, 0.2) is 41.6 Å². The minimum Gasteiger partial charge on any atom is -0.396 e. The van der Waals surface area contributed by atoms with E-state index in [-0.39, 0.29) is 0 Å². The number of nitrogens with two attached hydrogens (primary N) is 1. The Balaban J connectivity index is 1.55. The summed E-state index contributed by atoms with van der Waals surface area (Å²) in [6.45, 7) is 0.721. The number of hydrogen-bond donors (Lipinski definition) is 3. The maximum absolute atomic E-state index is 5.84. The molecule has 4 N–H and O–H groups in total. The SMILES string of the molecule is Nc1ccc(Cl)nc1NCCSc1nc2ccccc2[nH]1. The number of thioether (sulfide) groups is 1. The van der Waals surface area contributed by atoms with E-state index < -0.39 is 0 Å². The molecule has 3 rings (SSSR count). The molecular formula is C14H14ClN5S. The van der Waals surface area contributed by atoms with Gasteiger partial charge in [0.1, 0.15) is 5.15 Å². The Kier molecular flexibility index (Phi) is 4.17. The fourth-order valence-electron chi connectivity index (χ4n) is 1.90. The predicted molar refractivity (Wildman–Crippen MR) is 89.0 cm³/mol. The van der Waals surface area contributed by atoms with Crippen LogP contribution in [0.25, 0.3) is 11.0 Å². The van der Waals surface area contributed by atoms with Crippen molar-refractivity contribution in [3.8, 4) is 0 Å². The average molecular weight is 320 g/mol. The number of imidazole rings is 1. The zero-order valence-electron chi connectivity index (χ0n) is 11.1. The molecule has 0 aliphatic heterocycles. The molecule has 0 unspecified atom stereocenters. The standard InChI is InChI=1S/C14H14ClN5S/c15-12-6-5-9(16)13(20-12)17-7-8-21-14-18-10-3-1-2-4-11(10)19-14/h1-6H,7-8,16H2,(H,17,20)(H,18,19). The van der Waals surface area contributed by atoms with Crippen LogP contribution >= 0.6 is 23.4 Å². The zero-order valence-corrected chi connectivity index (χ0v) is 12.7.